The maximum absolute atomic E-state index is 12.7. The van der Waals surface area contributed by atoms with Crippen LogP contribution in [0.4, 0.5) is 5.69 Å². The number of rotatable bonds is 4. The first-order chi connectivity index (χ1) is 12.6. The molecule has 4 aromatic rings. The standard InChI is InChI=1S/C19H15ClN4O2/c20-12-5-7-13(8-6-12)22-16(25)9-10-24-11-21-17-14-3-1-2-4-15(14)23-18(17)19(24)26/h1-8,11,23H,9-10H2,(H,22,25). The molecule has 0 unspecified atom stereocenters. The van der Waals surface area contributed by atoms with Crippen molar-refractivity contribution in [1.29, 1.82) is 0 Å². The summed E-state index contributed by atoms with van der Waals surface area (Å²) >= 11 is 5.82. The maximum atomic E-state index is 12.7. The Morgan fingerprint density at radius 2 is 1.92 bits per heavy atom. The topological polar surface area (TPSA) is 79.8 Å². The van der Waals surface area contributed by atoms with Crippen molar-refractivity contribution < 1.29 is 4.79 Å². The Morgan fingerprint density at radius 1 is 1.15 bits per heavy atom. The van der Waals surface area contributed by atoms with Crippen LogP contribution < -0.4 is 10.9 Å². The molecule has 0 spiro atoms. The van der Waals surface area contributed by atoms with Gasteiger partial charge in [-0.2, -0.15) is 0 Å². The molecule has 4 rings (SSSR count). The van der Waals surface area contributed by atoms with Crippen LogP contribution in [-0.2, 0) is 11.3 Å². The second kappa shape index (κ2) is 6.65. The van der Waals surface area contributed by atoms with Crippen molar-refractivity contribution in [1.82, 2.24) is 14.5 Å². The number of carbonyl (C=O) groups is 1. The Kier molecular flexibility index (Phi) is 4.18. The van der Waals surface area contributed by atoms with E-state index in [9.17, 15) is 9.59 Å². The minimum Gasteiger partial charge on any atom is -0.349 e. The van der Waals surface area contributed by atoms with Crippen LogP contribution in [0.25, 0.3) is 21.9 Å². The van der Waals surface area contributed by atoms with Gasteiger partial charge in [-0.15, -0.1) is 0 Å². The number of aryl methyl sites for hydroxylation is 1. The number of hydrogen-bond donors (Lipinski definition) is 2. The first-order valence-electron chi connectivity index (χ1n) is 8.13. The van der Waals surface area contributed by atoms with Gasteiger partial charge in [-0.05, 0) is 30.3 Å². The van der Waals surface area contributed by atoms with E-state index in [1.54, 1.807) is 24.3 Å². The monoisotopic (exact) mass is 366 g/mol. The van der Waals surface area contributed by atoms with E-state index >= 15 is 0 Å². The van der Waals surface area contributed by atoms with Crippen LogP contribution in [0.3, 0.4) is 0 Å². The molecule has 0 bridgehead atoms. The summed E-state index contributed by atoms with van der Waals surface area (Å²) in [7, 11) is 0. The lowest BCUT2D eigenvalue weighted by Gasteiger charge is -2.07. The smallest absolute Gasteiger partial charge is 0.277 e. The minimum atomic E-state index is -0.189. The fourth-order valence-corrected chi connectivity index (χ4v) is 3.00. The predicted octanol–water partition coefficient (Wildman–Crippen LogP) is 3.56. The summed E-state index contributed by atoms with van der Waals surface area (Å²) in [6.07, 6.45) is 1.65. The molecule has 0 fully saturated rings. The number of fused-ring (bicyclic) bond motifs is 3. The predicted molar refractivity (Wildman–Crippen MR) is 103 cm³/mol. The quantitative estimate of drug-likeness (QED) is 0.579. The number of nitrogens with one attached hydrogen (secondary N) is 2. The summed E-state index contributed by atoms with van der Waals surface area (Å²) in [5.41, 5.74) is 2.44. The number of anilines is 1. The Balaban J connectivity index is 1.53. The highest BCUT2D eigenvalue weighted by Crippen LogP contribution is 2.20. The maximum Gasteiger partial charge on any atom is 0.277 e. The first kappa shape index (κ1) is 16.4. The third-order valence-electron chi connectivity index (χ3n) is 4.19. The second-order valence-electron chi connectivity index (χ2n) is 5.94. The van der Waals surface area contributed by atoms with E-state index < -0.39 is 0 Å². The number of amides is 1. The van der Waals surface area contributed by atoms with Crippen LogP contribution >= 0.6 is 11.6 Å². The van der Waals surface area contributed by atoms with Gasteiger partial charge in [-0.3, -0.25) is 14.2 Å². The van der Waals surface area contributed by atoms with Crippen molar-refractivity contribution in [2.75, 3.05) is 5.32 Å². The molecule has 2 N–H and O–H groups in total. The number of H-pyrrole nitrogens is 1. The molecule has 2 aromatic carbocycles. The number of nitrogens with zero attached hydrogens (tertiary/aromatic N) is 2. The van der Waals surface area contributed by atoms with E-state index in [-0.39, 0.29) is 24.4 Å². The van der Waals surface area contributed by atoms with Crippen molar-refractivity contribution in [3.8, 4) is 0 Å². The largest absolute Gasteiger partial charge is 0.349 e. The van der Waals surface area contributed by atoms with Gasteiger partial charge in [0, 0.05) is 34.6 Å². The summed E-state index contributed by atoms with van der Waals surface area (Å²) in [6.45, 7) is 0.247. The lowest BCUT2D eigenvalue weighted by atomic mass is 10.2. The summed E-state index contributed by atoms with van der Waals surface area (Å²) in [5, 5.41) is 4.29. The van der Waals surface area contributed by atoms with Crippen LogP contribution in [0.1, 0.15) is 6.42 Å². The molecule has 0 aliphatic rings. The van der Waals surface area contributed by atoms with Gasteiger partial charge in [0.2, 0.25) is 5.91 Å². The molecule has 1 amide bonds. The lowest BCUT2D eigenvalue weighted by Crippen LogP contribution is -2.23. The number of aromatic nitrogens is 3. The summed E-state index contributed by atoms with van der Waals surface area (Å²) < 4.78 is 1.44. The number of para-hydroxylation sites is 1. The van der Waals surface area contributed by atoms with Gasteiger partial charge in [-0.1, -0.05) is 29.8 Å². The summed E-state index contributed by atoms with van der Waals surface area (Å²) in [6, 6.07) is 14.5. The molecule has 2 aromatic heterocycles. The minimum absolute atomic E-state index is 0.163. The molecule has 0 radical (unpaired) electrons. The normalized spacial score (nSPS) is 11.1. The van der Waals surface area contributed by atoms with Crippen molar-refractivity contribution >= 4 is 45.1 Å². The molecule has 0 saturated carbocycles. The molecule has 26 heavy (non-hydrogen) atoms. The molecule has 0 aliphatic heterocycles. The SMILES string of the molecule is O=C(CCn1cnc2c([nH]c3ccccc32)c1=O)Nc1ccc(Cl)cc1. The molecular formula is C19H15ClN4O2. The third-order valence-corrected chi connectivity index (χ3v) is 4.44. The van der Waals surface area contributed by atoms with Crippen LogP contribution in [0.15, 0.2) is 59.7 Å². The fraction of sp³-hybridized carbons (Fsp3) is 0.105. The van der Waals surface area contributed by atoms with E-state index in [0.29, 0.717) is 21.7 Å². The molecule has 7 heteroatoms. The average Bonchev–Trinajstić information content (AvgIpc) is 3.03. The second-order valence-corrected chi connectivity index (χ2v) is 6.38. The number of benzene rings is 2. The van der Waals surface area contributed by atoms with Crippen LogP contribution in [0.5, 0.6) is 0 Å². The average molecular weight is 367 g/mol. The molecule has 0 aliphatic carbocycles. The van der Waals surface area contributed by atoms with E-state index in [0.717, 1.165) is 10.9 Å². The van der Waals surface area contributed by atoms with E-state index in [4.69, 9.17) is 11.6 Å². The highest BCUT2D eigenvalue weighted by atomic mass is 35.5. The van der Waals surface area contributed by atoms with Crippen LogP contribution in [-0.4, -0.2) is 20.4 Å². The van der Waals surface area contributed by atoms with Gasteiger partial charge in [0.15, 0.2) is 0 Å². The molecule has 0 atom stereocenters. The number of hydrogen-bond acceptors (Lipinski definition) is 3. The Morgan fingerprint density at radius 3 is 2.73 bits per heavy atom. The Labute approximate surface area is 153 Å². The number of halogens is 1. The Hall–Kier alpha value is -3.12. The van der Waals surface area contributed by atoms with Crippen molar-refractivity contribution in [3.63, 3.8) is 0 Å². The van der Waals surface area contributed by atoms with Gasteiger partial charge in [0.1, 0.15) is 11.0 Å². The van der Waals surface area contributed by atoms with Gasteiger partial charge in [0.05, 0.1) is 6.33 Å². The van der Waals surface area contributed by atoms with Crippen molar-refractivity contribution in [2.24, 2.45) is 0 Å². The highest BCUT2D eigenvalue weighted by molar-refractivity contribution is 6.30. The zero-order chi connectivity index (χ0) is 18.1. The van der Waals surface area contributed by atoms with E-state index in [1.807, 2.05) is 24.3 Å². The van der Waals surface area contributed by atoms with Gasteiger partial charge in [-0.25, -0.2) is 4.98 Å². The molecular weight excluding hydrogens is 352 g/mol. The fourth-order valence-electron chi connectivity index (χ4n) is 2.88. The third kappa shape index (κ3) is 3.07. The van der Waals surface area contributed by atoms with Crippen LogP contribution in [0, 0.1) is 0 Å². The van der Waals surface area contributed by atoms with Gasteiger partial charge < -0.3 is 10.3 Å². The lowest BCUT2D eigenvalue weighted by molar-refractivity contribution is -0.116. The van der Waals surface area contributed by atoms with E-state index in [1.165, 1.54) is 10.9 Å². The number of carbonyl (C=O) groups excluding carboxylic acids is 1. The first-order valence-corrected chi connectivity index (χ1v) is 8.51. The molecule has 2 heterocycles. The molecule has 0 saturated heterocycles. The zero-order valence-electron chi connectivity index (χ0n) is 13.7. The van der Waals surface area contributed by atoms with Crippen molar-refractivity contribution in [3.05, 3.63) is 70.2 Å². The highest BCUT2D eigenvalue weighted by Gasteiger charge is 2.11. The molecule has 6 nitrogen and oxygen atoms in total. The summed E-state index contributed by atoms with van der Waals surface area (Å²) in [4.78, 5) is 32.2. The van der Waals surface area contributed by atoms with E-state index in [2.05, 4.69) is 15.3 Å². The van der Waals surface area contributed by atoms with Gasteiger partial charge in [0.25, 0.3) is 5.56 Å². The van der Waals surface area contributed by atoms with Gasteiger partial charge >= 0.3 is 0 Å². The number of aromatic amines is 1. The Bertz CT molecular complexity index is 1160. The van der Waals surface area contributed by atoms with Crippen molar-refractivity contribution in [2.45, 2.75) is 13.0 Å². The zero-order valence-corrected chi connectivity index (χ0v) is 14.5. The molecule has 130 valence electrons. The van der Waals surface area contributed by atoms with Crippen LogP contribution in [0.2, 0.25) is 5.02 Å². The summed E-state index contributed by atoms with van der Waals surface area (Å²) in [5.74, 6) is -0.184.